The SMILES string of the molecule is CC1(C(=O)NS(=O)(=O)c2ccc3c(c2)COC3)CC1F. The zero-order valence-electron chi connectivity index (χ0n) is 10.8. The largest absolute Gasteiger partial charge is 0.372 e. The van der Waals surface area contributed by atoms with Gasteiger partial charge in [0.05, 0.1) is 23.5 Å². The molecule has 2 unspecified atom stereocenters. The Bertz CT molecular complexity index is 688. The second-order valence-corrected chi connectivity index (χ2v) is 7.13. The summed E-state index contributed by atoms with van der Waals surface area (Å²) in [6, 6.07) is 4.57. The second kappa shape index (κ2) is 4.26. The van der Waals surface area contributed by atoms with Crippen LogP contribution in [0.15, 0.2) is 23.1 Å². The van der Waals surface area contributed by atoms with Crippen molar-refractivity contribution in [3.05, 3.63) is 29.3 Å². The number of ether oxygens (including phenoxy) is 1. The Morgan fingerprint density at radius 2 is 2.05 bits per heavy atom. The molecule has 1 aromatic rings. The van der Waals surface area contributed by atoms with Gasteiger partial charge in [-0.1, -0.05) is 6.07 Å². The van der Waals surface area contributed by atoms with Gasteiger partial charge in [-0.3, -0.25) is 4.79 Å². The quantitative estimate of drug-likeness (QED) is 0.912. The van der Waals surface area contributed by atoms with Crippen LogP contribution < -0.4 is 4.72 Å². The van der Waals surface area contributed by atoms with E-state index in [1.807, 2.05) is 4.72 Å². The van der Waals surface area contributed by atoms with E-state index in [9.17, 15) is 17.6 Å². The lowest BCUT2D eigenvalue weighted by Gasteiger charge is -2.11. The van der Waals surface area contributed by atoms with E-state index in [1.165, 1.54) is 19.1 Å². The summed E-state index contributed by atoms with van der Waals surface area (Å²) in [5, 5.41) is 0. The van der Waals surface area contributed by atoms with Gasteiger partial charge in [0.25, 0.3) is 10.0 Å². The molecule has 1 fully saturated rings. The first-order valence-electron chi connectivity index (χ1n) is 6.24. The maximum Gasteiger partial charge on any atom is 0.264 e. The van der Waals surface area contributed by atoms with Gasteiger partial charge in [0.2, 0.25) is 5.91 Å². The van der Waals surface area contributed by atoms with Crippen molar-refractivity contribution in [3.8, 4) is 0 Å². The van der Waals surface area contributed by atoms with Crippen LogP contribution in [-0.2, 0) is 32.8 Å². The van der Waals surface area contributed by atoms with E-state index in [1.54, 1.807) is 6.07 Å². The summed E-state index contributed by atoms with van der Waals surface area (Å²) in [5.41, 5.74) is 0.516. The third-order valence-electron chi connectivity index (χ3n) is 3.88. The van der Waals surface area contributed by atoms with Crippen LogP contribution in [0.3, 0.4) is 0 Å². The number of rotatable bonds is 3. The van der Waals surface area contributed by atoms with Gasteiger partial charge in [-0.2, -0.15) is 0 Å². The average molecular weight is 299 g/mol. The number of fused-ring (bicyclic) bond motifs is 1. The van der Waals surface area contributed by atoms with E-state index >= 15 is 0 Å². The molecule has 1 aliphatic carbocycles. The van der Waals surface area contributed by atoms with Crippen LogP contribution in [0, 0.1) is 5.41 Å². The topological polar surface area (TPSA) is 72.5 Å². The number of hydrogen-bond acceptors (Lipinski definition) is 4. The third-order valence-corrected chi connectivity index (χ3v) is 5.21. The summed E-state index contributed by atoms with van der Waals surface area (Å²) in [6.45, 7) is 2.24. The molecule has 1 aromatic carbocycles. The van der Waals surface area contributed by atoms with Crippen molar-refractivity contribution >= 4 is 15.9 Å². The third kappa shape index (κ3) is 2.10. The lowest BCUT2D eigenvalue weighted by molar-refractivity contribution is -0.124. The first-order chi connectivity index (χ1) is 9.33. The standard InChI is InChI=1S/C13H14FNO4S/c1-13(5-11(13)14)12(16)15-20(17,18)10-3-2-8-6-19-7-9(8)4-10/h2-4,11H,5-7H2,1H3,(H,15,16). The minimum atomic E-state index is -3.97. The molecule has 5 nitrogen and oxygen atoms in total. The molecule has 7 heteroatoms. The van der Waals surface area contributed by atoms with Crippen molar-refractivity contribution in [2.24, 2.45) is 5.41 Å². The zero-order valence-corrected chi connectivity index (χ0v) is 11.7. The van der Waals surface area contributed by atoms with Crippen LogP contribution >= 0.6 is 0 Å². The smallest absolute Gasteiger partial charge is 0.264 e. The number of halogens is 1. The van der Waals surface area contributed by atoms with E-state index < -0.39 is 27.5 Å². The molecule has 3 rings (SSSR count). The fraction of sp³-hybridized carbons (Fsp3) is 0.462. The number of sulfonamides is 1. The minimum absolute atomic E-state index is 0.00485. The molecule has 0 bridgehead atoms. The summed E-state index contributed by atoms with van der Waals surface area (Å²) >= 11 is 0. The van der Waals surface area contributed by atoms with Crippen molar-refractivity contribution in [3.63, 3.8) is 0 Å². The fourth-order valence-electron chi connectivity index (χ4n) is 2.16. The van der Waals surface area contributed by atoms with Gasteiger partial charge in [0.1, 0.15) is 6.17 Å². The molecule has 2 aliphatic rings. The molecule has 0 aromatic heterocycles. The molecule has 1 aliphatic heterocycles. The van der Waals surface area contributed by atoms with Crippen LogP contribution in [0.1, 0.15) is 24.5 Å². The van der Waals surface area contributed by atoms with Crippen LogP contribution in [0.2, 0.25) is 0 Å². The summed E-state index contributed by atoms with van der Waals surface area (Å²) < 4.78 is 44.5. The average Bonchev–Trinajstić information content (AvgIpc) is 2.83. The van der Waals surface area contributed by atoms with E-state index in [0.29, 0.717) is 13.2 Å². The van der Waals surface area contributed by atoms with E-state index in [0.717, 1.165) is 11.1 Å². The van der Waals surface area contributed by atoms with Gasteiger partial charge in [-0.25, -0.2) is 17.5 Å². The van der Waals surface area contributed by atoms with Crippen molar-refractivity contribution in [1.29, 1.82) is 0 Å². The Labute approximate surface area is 116 Å². The zero-order chi connectivity index (χ0) is 14.5. The van der Waals surface area contributed by atoms with Gasteiger partial charge < -0.3 is 4.74 Å². The van der Waals surface area contributed by atoms with Crippen LogP contribution in [0.5, 0.6) is 0 Å². The first-order valence-corrected chi connectivity index (χ1v) is 7.72. The number of hydrogen-bond donors (Lipinski definition) is 1. The molecular formula is C13H14FNO4S. The Morgan fingerprint density at radius 1 is 1.40 bits per heavy atom. The highest BCUT2D eigenvalue weighted by Crippen LogP contribution is 2.48. The lowest BCUT2D eigenvalue weighted by atomic mass is 10.1. The number of benzene rings is 1. The number of carbonyl (C=O) groups excluding carboxylic acids is 1. The molecule has 1 saturated carbocycles. The molecule has 1 heterocycles. The van der Waals surface area contributed by atoms with E-state index in [2.05, 4.69) is 0 Å². The van der Waals surface area contributed by atoms with E-state index in [4.69, 9.17) is 4.74 Å². The number of carbonyl (C=O) groups is 1. The molecule has 2 atom stereocenters. The van der Waals surface area contributed by atoms with Crippen molar-refractivity contribution < 1.29 is 22.3 Å². The summed E-state index contributed by atoms with van der Waals surface area (Å²) in [6.07, 6.45) is -1.21. The molecule has 0 saturated heterocycles. The lowest BCUT2D eigenvalue weighted by Crippen LogP contribution is -2.36. The summed E-state index contributed by atoms with van der Waals surface area (Å²) in [5.74, 6) is -0.790. The highest BCUT2D eigenvalue weighted by atomic mass is 32.2. The molecule has 108 valence electrons. The molecule has 20 heavy (non-hydrogen) atoms. The Hall–Kier alpha value is -1.47. The van der Waals surface area contributed by atoms with Crippen molar-refractivity contribution in [2.45, 2.75) is 37.6 Å². The second-order valence-electron chi connectivity index (χ2n) is 5.45. The highest BCUT2D eigenvalue weighted by molar-refractivity contribution is 7.90. The van der Waals surface area contributed by atoms with Crippen LogP contribution in [0.25, 0.3) is 0 Å². The Kier molecular flexibility index (Phi) is 2.88. The van der Waals surface area contributed by atoms with Crippen LogP contribution in [-0.4, -0.2) is 20.5 Å². The molecule has 1 N–H and O–H groups in total. The molecule has 0 radical (unpaired) electrons. The Balaban J connectivity index is 1.84. The first kappa shape index (κ1) is 13.5. The molecular weight excluding hydrogens is 285 g/mol. The molecule has 1 amide bonds. The predicted octanol–water partition coefficient (Wildman–Crippen LogP) is 1.27. The summed E-state index contributed by atoms with van der Waals surface area (Å²) in [7, 11) is -3.97. The minimum Gasteiger partial charge on any atom is -0.372 e. The van der Waals surface area contributed by atoms with Gasteiger partial charge >= 0.3 is 0 Å². The van der Waals surface area contributed by atoms with Gasteiger partial charge in [0.15, 0.2) is 0 Å². The number of alkyl halides is 1. The van der Waals surface area contributed by atoms with E-state index in [-0.39, 0.29) is 11.3 Å². The van der Waals surface area contributed by atoms with Crippen molar-refractivity contribution in [1.82, 2.24) is 4.72 Å². The number of nitrogens with one attached hydrogen (secondary N) is 1. The van der Waals surface area contributed by atoms with Crippen LogP contribution in [0.4, 0.5) is 4.39 Å². The van der Waals surface area contributed by atoms with Gasteiger partial charge in [-0.05, 0) is 36.6 Å². The maximum atomic E-state index is 13.1. The predicted molar refractivity (Wildman–Crippen MR) is 67.9 cm³/mol. The highest BCUT2D eigenvalue weighted by Gasteiger charge is 2.58. The van der Waals surface area contributed by atoms with Gasteiger partial charge in [0, 0.05) is 0 Å². The van der Waals surface area contributed by atoms with Gasteiger partial charge in [-0.15, -0.1) is 0 Å². The fourth-order valence-corrected chi connectivity index (χ4v) is 3.30. The number of amides is 1. The monoisotopic (exact) mass is 299 g/mol. The molecule has 0 spiro atoms. The van der Waals surface area contributed by atoms with Crippen molar-refractivity contribution in [2.75, 3.05) is 0 Å². The normalized spacial score (nSPS) is 28.0. The summed E-state index contributed by atoms with van der Waals surface area (Å²) in [4.78, 5) is 11.8. The maximum absolute atomic E-state index is 13.1. The Morgan fingerprint density at radius 3 is 2.70 bits per heavy atom.